The maximum atomic E-state index is 6.26. The zero-order chi connectivity index (χ0) is 12.1. The van der Waals surface area contributed by atoms with Gasteiger partial charge in [-0.3, -0.25) is 0 Å². The zero-order valence-electron chi connectivity index (χ0n) is 11.2. The fourth-order valence-corrected chi connectivity index (χ4v) is 3.22. The van der Waals surface area contributed by atoms with Crippen LogP contribution in [0.4, 0.5) is 0 Å². The molecule has 0 unspecified atom stereocenters. The van der Waals surface area contributed by atoms with Crippen LogP contribution in [0.5, 0.6) is 0 Å². The van der Waals surface area contributed by atoms with Gasteiger partial charge in [-0.05, 0) is 25.6 Å². The topological polar surface area (TPSA) is 27.7 Å². The fraction of sp³-hybridized carbons (Fsp3) is 1.00. The molecule has 3 nitrogen and oxygen atoms in total. The predicted octanol–water partition coefficient (Wildman–Crippen LogP) is 2.53. The largest absolute Gasteiger partial charge is 0.407 e. The van der Waals surface area contributed by atoms with Crippen molar-refractivity contribution in [3.05, 3.63) is 0 Å². The monoisotopic (exact) mass is 234 g/mol. The highest BCUT2D eigenvalue weighted by molar-refractivity contribution is 6.69. The molecule has 0 aromatic carbocycles. The second kappa shape index (κ2) is 5.99. The normalized spacial score (nSPS) is 13.6. The van der Waals surface area contributed by atoms with E-state index in [2.05, 4.69) is 33.5 Å². The molecule has 0 aliphatic carbocycles. The summed E-state index contributed by atoms with van der Waals surface area (Å²) in [5.74, 6) is 0.379. The van der Waals surface area contributed by atoms with Gasteiger partial charge in [-0.25, -0.2) is 0 Å². The fourth-order valence-electron chi connectivity index (χ4n) is 1.65. The van der Waals surface area contributed by atoms with Gasteiger partial charge >= 0.3 is 0 Å². The lowest BCUT2D eigenvalue weighted by Gasteiger charge is -2.41. The third-order valence-electron chi connectivity index (χ3n) is 2.34. The highest BCUT2D eigenvalue weighted by Gasteiger charge is 2.39. The Kier molecular flexibility index (Phi) is 6.03. The second-order valence-electron chi connectivity index (χ2n) is 5.30. The Labute approximate surface area is 95.2 Å². The van der Waals surface area contributed by atoms with Gasteiger partial charge in [0.1, 0.15) is 5.60 Å². The van der Waals surface area contributed by atoms with Crippen molar-refractivity contribution in [2.24, 2.45) is 5.92 Å². The Bertz CT molecular complexity index is 169. The van der Waals surface area contributed by atoms with Crippen molar-refractivity contribution < 1.29 is 13.9 Å². The quantitative estimate of drug-likeness (QED) is 0.634. The first kappa shape index (κ1) is 15.1. The van der Waals surface area contributed by atoms with E-state index in [1.165, 1.54) is 0 Å². The summed E-state index contributed by atoms with van der Waals surface area (Å²) in [5.41, 5.74) is -0.298. The van der Waals surface area contributed by atoms with Crippen LogP contribution in [-0.4, -0.2) is 41.4 Å². The molecular formula is C11H26O3Si. The van der Waals surface area contributed by atoms with Crippen LogP contribution in [0.1, 0.15) is 13.8 Å². The van der Waals surface area contributed by atoms with E-state index in [0.29, 0.717) is 19.1 Å². The average molecular weight is 234 g/mol. The molecule has 0 aliphatic heterocycles. The third kappa shape index (κ3) is 5.11. The molecule has 0 radical (unpaired) electrons. The van der Waals surface area contributed by atoms with Gasteiger partial charge in [-0.15, -0.1) is 0 Å². The Morgan fingerprint density at radius 1 is 1.00 bits per heavy atom. The second-order valence-corrected chi connectivity index (χ2v) is 9.73. The summed E-state index contributed by atoms with van der Waals surface area (Å²) >= 11 is 0. The third-order valence-corrected chi connectivity index (χ3v) is 3.36. The maximum absolute atomic E-state index is 6.26. The summed E-state index contributed by atoms with van der Waals surface area (Å²) in [6.07, 6.45) is 0. The Balaban J connectivity index is 4.77. The number of rotatable bonds is 7. The summed E-state index contributed by atoms with van der Waals surface area (Å²) in [6, 6.07) is 0. The van der Waals surface area contributed by atoms with Crippen molar-refractivity contribution in [1.29, 1.82) is 0 Å². The minimum Gasteiger partial charge on any atom is -0.407 e. The van der Waals surface area contributed by atoms with Crippen LogP contribution in [0.25, 0.3) is 0 Å². The van der Waals surface area contributed by atoms with Crippen LogP contribution >= 0.6 is 0 Å². The number of ether oxygens (including phenoxy) is 2. The van der Waals surface area contributed by atoms with E-state index in [9.17, 15) is 0 Å². The van der Waals surface area contributed by atoms with Gasteiger partial charge in [0.15, 0.2) is 8.32 Å². The van der Waals surface area contributed by atoms with Crippen molar-refractivity contribution in [3.8, 4) is 0 Å². The summed E-state index contributed by atoms with van der Waals surface area (Å²) in [6.45, 7) is 12.0. The molecule has 0 saturated carbocycles. The number of hydrogen-bond acceptors (Lipinski definition) is 3. The molecule has 0 spiro atoms. The summed E-state index contributed by atoms with van der Waals surface area (Å²) in [4.78, 5) is 0. The average Bonchev–Trinajstić information content (AvgIpc) is 2.01. The van der Waals surface area contributed by atoms with Gasteiger partial charge in [0.2, 0.25) is 0 Å². The van der Waals surface area contributed by atoms with Crippen molar-refractivity contribution in [2.75, 3.05) is 27.4 Å². The van der Waals surface area contributed by atoms with E-state index in [1.807, 2.05) is 0 Å². The van der Waals surface area contributed by atoms with Gasteiger partial charge in [0.05, 0.1) is 13.2 Å². The lowest BCUT2D eigenvalue weighted by Crippen LogP contribution is -2.52. The Hall–Kier alpha value is 0.0969. The van der Waals surface area contributed by atoms with Crippen molar-refractivity contribution >= 4 is 8.32 Å². The Morgan fingerprint density at radius 3 is 1.60 bits per heavy atom. The van der Waals surface area contributed by atoms with Crippen LogP contribution < -0.4 is 0 Å². The molecule has 92 valence electrons. The van der Waals surface area contributed by atoms with Crippen LogP contribution in [0, 0.1) is 5.92 Å². The molecule has 0 N–H and O–H groups in total. The lowest BCUT2D eigenvalue weighted by molar-refractivity contribution is -0.0920. The highest BCUT2D eigenvalue weighted by Crippen LogP contribution is 2.27. The van der Waals surface area contributed by atoms with Gasteiger partial charge in [0.25, 0.3) is 0 Å². The van der Waals surface area contributed by atoms with E-state index in [0.717, 1.165) is 0 Å². The summed E-state index contributed by atoms with van der Waals surface area (Å²) in [7, 11) is 1.83. The Morgan fingerprint density at radius 2 is 1.40 bits per heavy atom. The molecule has 0 saturated heterocycles. The van der Waals surface area contributed by atoms with Crippen molar-refractivity contribution in [1.82, 2.24) is 0 Å². The number of methoxy groups -OCH3 is 2. The van der Waals surface area contributed by atoms with E-state index in [4.69, 9.17) is 13.9 Å². The highest BCUT2D eigenvalue weighted by atomic mass is 28.4. The molecule has 15 heavy (non-hydrogen) atoms. The molecule has 0 aliphatic rings. The smallest absolute Gasteiger partial charge is 0.184 e. The molecule has 0 heterocycles. The minimum atomic E-state index is -1.59. The van der Waals surface area contributed by atoms with Crippen LogP contribution in [0.2, 0.25) is 19.6 Å². The molecular weight excluding hydrogens is 208 g/mol. The van der Waals surface area contributed by atoms with Gasteiger partial charge in [-0.2, -0.15) is 0 Å². The molecule has 4 heteroatoms. The molecule has 0 aromatic heterocycles. The first-order valence-electron chi connectivity index (χ1n) is 5.45. The van der Waals surface area contributed by atoms with Crippen molar-refractivity contribution in [2.45, 2.75) is 39.1 Å². The number of hydrogen-bond donors (Lipinski definition) is 0. The van der Waals surface area contributed by atoms with E-state index in [1.54, 1.807) is 14.2 Å². The summed E-state index contributed by atoms with van der Waals surface area (Å²) in [5, 5.41) is 0. The van der Waals surface area contributed by atoms with Crippen LogP contribution in [0.3, 0.4) is 0 Å². The van der Waals surface area contributed by atoms with Crippen molar-refractivity contribution in [3.63, 3.8) is 0 Å². The molecule has 0 rings (SSSR count). The SMILES string of the molecule is COCC(COC)(O[Si](C)(C)C)C(C)C. The zero-order valence-corrected chi connectivity index (χ0v) is 12.2. The molecule has 0 fully saturated rings. The van der Waals surface area contributed by atoms with Gasteiger partial charge < -0.3 is 13.9 Å². The molecule has 0 atom stereocenters. The van der Waals surface area contributed by atoms with E-state index < -0.39 is 8.32 Å². The van der Waals surface area contributed by atoms with Crippen LogP contribution in [0.15, 0.2) is 0 Å². The molecule has 0 bridgehead atoms. The lowest BCUT2D eigenvalue weighted by atomic mass is 9.92. The van der Waals surface area contributed by atoms with Gasteiger partial charge in [0, 0.05) is 14.2 Å². The molecule has 0 amide bonds. The first-order valence-corrected chi connectivity index (χ1v) is 8.86. The molecule has 0 aromatic rings. The van der Waals surface area contributed by atoms with E-state index in [-0.39, 0.29) is 5.60 Å². The summed E-state index contributed by atoms with van der Waals surface area (Å²) < 4.78 is 16.8. The predicted molar refractivity (Wildman–Crippen MR) is 65.8 cm³/mol. The maximum Gasteiger partial charge on any atom is 0.184 e. The van der Waals surface area contributed by atoms with E-state index >= 15 is 0 Å². The van der Waals surface area contributed by atoms with Crippen LogP contribution in [-0.2, 0) is 13.9 Å². The first-order chi connectivity index (χ1) is 6.77. The minimum absolute atomic E-state index is 0.298. The van der Waals surface area contributed by atoms with Gasteiger partial charge in [-0.1, -0.05) is 13.8 Å². The standard InChI is InChI=1S/C11H26O3Si/c1-10(2)11(8-12-3,9-13-4)14-15(5,6)7/h10H,8-9H2,1-7H3.